The topological polar surface area (TPSA) is 46.0 Å². The minimum Gasteiger partial charge on any atom is -0.351 e. The molecule has 0 radical (unpaired) electrons. The Morgan fingerprint density at radius 2 is 1.74 bits per heavy atom. The van der Waals surface area contributed by atoms with Crippen molar-refractivity contribution in [2.75, 3.05) is 4.90 Å². The Labute approximate surface area is 187 Å². The van der Waals surface area contributed by atoms with Gasteiger partial charge in [-0.15, -0.1) is 0 Å². The number of benzene rings is 1. The molecule has 5 nitrogen and oxygen atoms in total. The Hall–Kier alpha value is -3.51. The van der Waals surface area contributed by atoms with Crippen LogP contribution in [0.4, 0.5) is 5.69 Å². The number of pyridine rings is 2. The van der Waals surface area contributed by atoms with E-state index in [1.807, 2.05) is 30.6 Å². The van der Waals surface area contributed by atoms with Crippen LogP contribution in [0.5, 0.6) is 0 Å². The molecule has 1 aliphatic rings. The van der Waals surface area contributed by atoms with Crippen LogP contribution in [-0.4, -0.2) is 19.6 Å². The maximum absolute atomic E-state index is 5.86. The summed E-state index contributed by atoms with van der Waals surface area (Å²) in [6, 6.07) is 20.6. The normalized spacial score (nSPS) is 18.3. The van der Waals surface area contributed by atoms with E-state index in [2.05, 4.69) is 87.3 Å². The number of hydrogen-bond acceptors (Lipinski definition) is 3. The number of hydrogen-bond donors (Lipinski definition) is 1. The lowest BCUT2D eigenvalue weighted by Gasteiger charge is -2.29. The summed E-state index contributed by atoms with van der Waals surface area (Å²) in [5.41, 5.74) is 6.59. The van der Waals surface area contributed by atoms with E-state index < -0.39 is 0 Å². The monoisotopic (exact) mass is 425 g/mol. The third-order valence-electron chi connectivity index (χ3n) is 5.59. The van der Waals surface area contributed by atoms with Gasteiger partial charge < -0.3 is 14.8 Å². The highest BCUT2D eigenvalue weighted by molar-refractivity contribution is 7.80. The average Bonchev–Trinajstić information content (AvgIpc) is 3.38. The van der Waals surface area contributed by atoms with Gasteiger partial charge in [-0.2, -0.15) is 0 Å². The predicted molar refractivity (Wildman–Crippen MR) is 127 cm³/mol. The molecular weight excluding hydrogens is 402 g/mol. The Morgan fingerprint density at radius 1 is 0.903 bits per heavy atom. The van der Waals surface area contributed by atoms with Gasteiger partial charge in [-0.25, -0.2) is 0 Å². The highest BCUT2D eigenvalue weighted by atomic mass is 32.1. The van der Waals surface area contributed by atoms with E-state index in [1.165, 1.54) is 11.1 Å². The zero-order valence-corrected chi connectivity index (χ0v) is 18.3. The van der Waals surface area contributed by atoms with Crippen molar-refractivity contribution in [2.45, 2.75) is 25.9 Å². The third-order valence-corrected chi connectivity index (χ3v) is 5.90. The summed E-state index contributed by atoms with van der Waals surface area (Å²) in [6.07, 6.45) is 7.57. The van der Waals surface area contributed by atoms with E-state index in [-0.39, 0.29) is 12.1 Å². The largest absolute Gasteiger partial charge is 0.351 e. The van der Waals surface area contributed by atoms with E-state index in [0.29, 0.717) is 5.11 Å². The zero-order valence-electron chi connectivity index (χ0n) is 17.4. The second-order valence-corrected chi connectivity index (χ2v) is 8.24. The predicted octanol–water partition coefficient (Wildman–Crippen LogP) is 5.06. The molecule has 154 valence electrons. The molecule has 0 bridgehead atoms. The van der Waals surface area contributed by atoms with Crippen molar-refractivity contribution in [3.8, 4) is 5.69 Å². The van der Waals surface area contributed by atoms with Crippen LogP contribution in [0.25, 0.3) is 5.69 Å². The van der Waals surface area contributed by atoms with E-state index >= 15 is 0 Å². The van der Waals surface area contributed by atoms with Crippen molar-refractivity contribution >= 4 is 23.0 Å². The number of nitrogens with one attached hydrogen (secondary N) is 1. The number of anilines is 1. The van der Waals surface area contributed by atoms with E-state index in [1.54, 1.807) is 6.20 Å². The van der Waals surface area contributed by atoms with Gasteiger partial charge in [-0.1, -0.05) is 12.1 Å². The lowest BCUT2D eigenvalue weighted by atomic mass is 10.00. The summed E-state index contributed by atoms with van der Waals surface area (Å²) in [5, 5.41) is 4.24. The first-order chi connectivity index (χ1) is 15.1. The summed E-state index contributed by atoms with van der Waals surface area (Å²) in [4.78, 5) is 11.2. The third kappa shape index (κ3) is 3.59. The first-order valence-corrected chi connectivity index (χ1v) is 10.7. The molecule has 1 fully saturated rings. The number of thiocarbonyl (C=S) groups is 1. The molecule has 4 heterocycles. The van der Waals surface area contributed by atoms with Gasteiger partial charge in [0.25, 0.3) is 0 Å². The van der Waals surface area contributed by atoms with Crippen LogP contribution in [0.2, 0.25) is 0 Å². The lowest BCUT2D eigenvalue weighted by molar-refractivity contribution is 0.549. The van der Waals surface area contributed by atoms with E-state index in [4.69, 9.17) is 12.2 Å². The van der Waals surface area contributed by atoms with Gasteiger partial charge in [0.15, 0.2) is 5.11 Å². The molecule has 3 aromatic heterocycles. The zero-order chi connectivity index (χ0) is 21.4. The van der Waals surface area contributed by atoms with Crippen LogP contribution in [0, 0.1) is 13.8 Å². The second kappa shape index (κ2) is 7.96. The quantitative estimate of drug-likeness (QED) is 0.463. The lowest BCUT2D eigenvalue weighted by Crippen LogP contribution is -2.30. The molecule has 5 rings (SSSR count). The molecule has 1 aliphatic heterocycles. The van der Waals surface area contributed by atoms with Gasteiger partial charge in [0, 0.05) is 30.0 Å². The number of rotatable bonds is 4. The Kier molecular flexibility index (Phi) is 5.00. The molecule has 6 heteroatoms. The van der Waals surface area contributed by atoms with E-state index in [0.717, 1.165) is 22.8 Å². The van der Waals surface area contributed by atoms with Crippen molar-refractivity contribution < 1.29 is 0 Å². The summed E-state index contributed by atoms with van der Waals surface area (Å²) in [7, 11) is 0. The van der Waals surface area contributed by atoms with Crippen LogP contribution in [0.15, 0.2) is 85.5 Å². The van der Waals surface area contributed by atoms with Crippen molar-refractivity contribution in [3.05, 3.63) is 108 Å². The van der Waals surface area contributed by atoms with Gasteiger partial charge in [-0.05, 0) is 85.7 Å². The molecule has 2 atom stereocenters. The molecule has 0 aliphatic carbocycles. The molecule has 0 spiro atoms. The van der Waals surface area contributed by atoms with Gasteiger partial charge in [0.1, 0.15) is 6.04 Å². The Bertz CT molecular complexity index is 1200. The minimum atomic E-state index is -0.0835. The summed E-state index contributed by atoms with van der Waals surface area (Å²) in [5.74, 6) is 0. The van der Waals surface area contributed by atoms with Gasteiger partial charge in [0.05, 0.1) is 23.6 Å². The molecule has 31 heavy (non-hydrogen) atoms. The Balaban J connectivity index is 1.69. The standard InChI is InChI=1S/C25H23N5S/c1-17-13-18(2)15-20(14-17)30-24(23(28-25(30)31)21-8-3-4-11-27-21)22-9-6-12-29(22)19-7-5-10-26-16-19/h3-16,23-24H,1-2H3,(H,28,31)/t23-,24+/m1/s1. The molecule has 0 unspecified atom stereocenters. The van der Waals surface area contributed by atoms with Crippen LogP contribution in [-0.2, 0) is 0 Å². The van der Waals surface area contributed by atoms with Crippen molar-refractivity contribution in [3.63, 3.8) is 0 Å². The first kappa shape index (κ1) is 19.5. The molecule has 0 amide bonds. The highest BCUT2D eigenvalue weighted by Crippen LogP contribution is 2.42. The molecule has 1 saturated heterocycles. The fraction of sp³-hybridized carbons (Fsp3) is 0.160. The summed E-state index contributed by atoms with van der Waals surface area (Å²) in [6.45, 7) is 4.24. The number of aryl methyl sites for hydroxylation is 2. The molecular formula is C25H23N5S. The van der Waals surface area contributed by atoms with Crippen LogP contribution in [0.3, 0.4) is 0 Å². The molecule has 0 saturated carbocycles. The van der Waals surface area contributed by atoms with Gasteiger partial charge in [-0.3, -0.25) is 9.97 Å². The van der Waals surface area contributed by atoms with Crippen molar-refractivity contribution in [1.82, 2.24) is 19.9 Å². The summed E-state index contributed by atoms with van der Waals surface area (Å²) >= 11 is 5.86. The highest BCUT2D eigenvalue weighted by Gasteiger charge is 2.42. The fourth-order valence-corrected chi connectivity index (χ4v) is 4.74. The average molecular weight is 426 g/mol. The van der Waals surface area contributed by atoms with Crippen molar-refractivity contribution in [2.24, 2.45) is 0 Å². The van der Waals surface area contributed by atoms with Crippen LogP contribution in [0.1, 0.15) is 34.6 Å². The maximum Gasteiger partial charge on any atom is 0.174 e. The SMILES string of the molecule is Cc1cc(C)cc(N2C(=S)N[C@H](c3ccccn3)[C@@H]2c2cccn2-c2cccnc2)c1. The second-order valence-electron chi connectivity index (χ2n) is 7.86. The maximum atomic E-state index is 5.86. The van der Waals surface area contributed by atoms with Crippen molar-refractivity contribution in [1.29, 1.82) is 0 Å². The molecule has 1 N–H and O–H groups in total. The fourth-order valence-electron chi connectivity index (χ4n) is 4.39. The van der Waals surface area contributed by atoms with Crippen LogP contribution < -0.4 is 10.2 Å². The Morgan fingerprint density at radius 3 is 2.45 bits per heavy atom. The van der Waals surface area contributed by atoms with Crippen LogP contribution >= 0.6 is 12.2 Å². The molecule has 4 aromatic rings. The summed E-state index contributed by atoms with van der Waals surface area (Å²) < 4.78 is 2.18. The molecule has 1 aromatic carbocycles. The van der Waals surface area contributed by atoms with Gasteiger partial charge >= 0.3 is 0 Å². The van der Waals surface area contributed by atoms with Gasteiger partial charge in [0.2, 0.25) is 0 Å². The van der Waals surface area contributed by atoms with E-state index in [9.17, 15) is 0 Å². The number of nitrogens with zero attached hydrogens (tertiary/aromatic N) is 4. The smallest absolute Gasteiger partial charge is 0.174 e. The number of aromatic nitrogens is 3. The minimum absolute atomic E-state index is 0.0705. The first-order valence-electron chi connectivity index (χ1n) is 10.3.